The second-order valence-corrected chi connectivity index (χ2v) is 4.26. The zero-order valence-electron chi connectivity index (χ0n) is 8.15. The second kappa shape index (κ2) is 4.91. The van der Waals surface area contributed by atoms with Crippen LogP contribution < -0.4 is 0 Å². The van der Waals surface area contributed by atoms with Crippen molar-refractivity contribution in [2.45, 2.75) is 18.4 Å². The van der Waals surface area contributed by atoms with Crippen molar-refractivity contribution < 1.29 is 13.7 Å². The Morgan fingerprint density at radius 2 is 1.93 bits per heavy atom. The maximum Gasteiger partial charge on any atom is 0.302 e. The molecule has 0 radical (unpaired) electrons. The molecule has 1 rings (SSSR count). The van der Waals surface area contributed by atoms with E-state index in [9.17, 15) is 9.00 Å². The van der Waals surface area contributed by atoms with Crippen LogP contribution in [0.4, 0.5) is 0 Å². The van der Waals surface area contributed by atoms with Crippen molar-refractivity contribution in [2.24, 2.45) is 0 Å². The molecule has 76 valence electrons. The van der Waals surface area contributed by atoms with E-state index >= 15 is 0 Å². The molecule has 0 saturated heterocycles. The molecule has 0 fully saturated rings. The van der Waals surface area contributed by atoms with E-state index in [-0.39, 0.29) is 12.6 Å². The highest BCUT2D eigenvalue weighted by Crippen LogP contribution is 2.08. The summed E-state index contributed by atoms with van der Waals surface area (Å²) in [6, 6.07) is 7.16. The van der Waals surface area contributed by atoms with Crippen LogP contribution in [-0.2, 0) is 26.9 Å². The number of hydrogen-bond donors (Lipinski definition) is 0. The van der Waals surface area contributed by atoms with E-state index in [0.29, 0.717) is 0 Å². The largest absolute Gasteiger partial charge is 0.461 e. The van der Waals surface area contributed by atoms with Gasteiger partial charge >= 0.3 is 5.97 Å². The fraction of sp³-hybridized carbons (Fsp3) is 0.300. The van der Waals surface area contributed by atoms with Crippen LogP contribution in [0.15, 0.2) is 29.2 Å². The van der Waals surface area contributed by atoms with Crippen LogP contribution in [0.25, 0.3) is 0 Å². The quantitative estimate of drug-likeness (QED) is 0.713. The molecule has 1 aromatic carbocycles. The molecule has 0 unspecified atom stereocenters. The van der Waals surface area contributed by atoms with Crippen LogP contribution in [0.1, 0.15) is 12.5 Å². The van der Waals surface area contributed by atoms with Crippen molar-refractivity contribution in [1.82, 2.24) is 0 Å². The summed E-state index contributed by atoms with van der Waals surface area (Å²) in [5.41, 5.74) is 0.898. The molecule has 3 nitrogen and oxygen atoms in total. The minimum atomic E-state index is -0.958. The Morgan fingerprint density at radius 1 is 1.36 bits per heavy atom. The van der Waals surface area contributed by atoms with Crippen LogP contribution in [0.5, 0.6) is 0 Å². The third-order valence-corrected chi connectivity index (χ3v) is 2.63. The van der Waals surface area contributed by atoms with Gasteiger partial charge in [0.05, 0.1) is 0 Å². The molecule has 1 atom stereocenters. The van der Waals surface area contributed by atoms with E-state index in [1.54, 1.807) is 30.5 Å². The highest BCUT2D eigenvalue weighted by atomic mass is 32.2. The molecule has 0 heterocycles. The molecule has 0 aliphatic carbocycles. The summed E-state index contributed by atoms with van der Waals surface area (Å²) >= 11 is 0. The molecule has 0 spiro atoms. The lowest BCUT2D eigenvalue weighted by molar-refractivity contribution is -0.142. The summed E-state index contributed by atoms with van der Waals surface area (Å²) in [6.45, 7) is 1.64. The molecule has 0 N–H and O–H groups in total. The van der Waals surface area contributed by atoms with Gasteiger partial charge in [0.2, 0.25) is 0 Å². The van der Waals surface area contributed by atoms with Gasteiger partial charge in [0, 0.05) is 28.9 Å². The summed E-state index contributed by atoms with van der Waals surface area (Å²) in [5.74, 6) is -0.298. The molecule has 4 heteroatoms. The van der Waals surface area contributed by atoms with Gasteiger partial charge in [0.25, 0.3) is 0 Å². The van der Waals surface area contributed by atoms with Gasteiger partial charge in [-0.15, -0.1) is 0 Å². The average molecular weight is 212 g/mol. The lowest BCUT2D eigenvalue weighted by Crippen LogP contribution is -1.98. The highest BCUT2D eigenvalue weighted by molar-refractivity contribution is 7.84. The van der Waals surface area contributed by atoms with Gasteiger partial charge in [-0.1, -0.05) is 12.1 Å². The van der Waals surface area contributed by atoms with Crippen LogP contribution in [0.3, 0.4) is 0 Å². The van der Waals surface area contributed by atoms with Crippen LogP contribution in [0.2, 0.25) is 0 Å². The maximum absolute atomic E-state index is 11.0. The molecule has 0 saturated carbocycles. The van der Waals surface area contributed by atoms with Crippen molar-refractivity contribution in [1.29, 1.82) is 0 Å². The molecule has 0 aromatic heterocycles. The number of rotatable bonds is 3. The summed E-state index contributed by atoms with van der Waals surface area (Å²) in [4.78, 5) is 11.3. The van der Waals surface area contributed by atoms with E-state index in [2.05, 4.69) is 0 Å². The van der Waals surface area contributed by atoms with E-state index in [0.717, 1.165) is 10.5 Å². The Kier molecular flexibility index (Phi) is 3.83. The number of carbonyl (C=O) groups is 1. The van der Waals surface area contributed by atoms with Gasteiger partial charge < -0.3 is 4.74 Å². The van der Waals surface area contributed by atoms with E-state index in [1.807, 2.05) is 0 Å². The Hall–Kier alpha value is -1.16. The van der Waals surface area contributed by atoms with E-state index < -0.39 is 10.8 Å². The first-order valence-electron chi connectivity index (χ1n) is 4.15. The monoisotopic (exact) mass is 212 g/mol. The standard InChI is InChI=1S/C10H12O3S/c1-8(11)13-7-9-3-5-10(6-4-9)14(2)12/h3-6H,7H2,1-2H3/t14-/m0/s1. The van der Waals surface area contributed by atoms with Gasteiger partial charge in [-0.3, -0.25) is 9.00 Å². The van der Waals surface area contributed by atoms with E-state index in [4.69, 9.17) is 4.74 Å². The Balaban J connectivity index is 2.64. The normalized spacial score (nSPS) is 12.1. The zero-order chi connectivity index (χ0) is 10.6. The summed E-state index contributed by atoms with van der Waals surface area (Å²) in [7, 11) is -0.958. The number of ether oxygens (including phenoxy) is 1. The zero-order valence-corrected chi connectivity index (χ0v) is 8.97. The summed E-state index contributed by atoms with van der Waals surface area (Å²) < 4.78 is 15.9. The molecule has 0 amide bonds. The molecule has 1 aromatic rings. The van der Waals surface area contributed by atoms with Crippen LogP contribution in [0, 0.1) is 0 Å². The van der Waals surface area contributed by atoms with Gasteiger partial charge in [-0.2, -0.15) is 0 Å². The van der Waals surface area contributed by atoms with Crippen molar-refractivity contribution in [3.63, 3.8) is 0 Å². The topological polar surface area (TPSA) is 43.4 Å². The average Bonchev–Trinajstić information content (AvgIpc) is 2.15. The van der Waals surface area contributed by atoms with E-state index in [1.165, 1.54) is 6.92 Å². The van der Waals surface area contributed by atoms with Crippen molar-refractivity contribution >= 4 is 16.8 Å². The lowest BCUT2D eigenvalue weighted by Gasteiger charge is -2.02. The number of carbonyl (C=O) groups excluding carboxylic acids is 1. The summed E-state index contributed by atoms with van der Waals surface area (Å²) in [5, 5.41) is 0. The Morgan fingerprint density at radius 3 is 2.36 bits per heavy atom. The number of benzene rings is 1. The minimum Gasteiger partial charge on any atom is -0.461 e. The molecule has 0 bridgehead atoms. The van der Waals surface area contributed by atoms with Crippen LogP contribution >= 0.6 is 0 Å². The number of esters is 1. The predicted octanol–water partition coefficient (Wildman–Crippen LogP) is 1.49. The first kappa shape index (κ1) is 10.9. The lowest BCUT2D eigenvalue weighted by atomic mass is 10.2. The second-order valence-electron chi connectivity index (χ2n) is 2.88. The molecular weight excluding hydrogens is 200 g/mol. The highest BCUT2D eigenvalue weighted by Gasteiger charge is 1.99. The fourth-order valence-electron chi connectivity index (χ4n) is 0.962. The first-order chi connectivity index (χ1) is 6.59. The minimum absolute atomic E-state index is 0.270. The summed E-state index contributed by atoms with van der Waals surface area (Å²) in [6.07, 6.45) is 1.63. The van der Waals surface area contributed by atoms with Crippen molar-refractivity contribution in [2.75, 3.05) is 6.26 Å². The third kappa shape index (κ3) is 3.30. The SMILES string of the molecule is CC(=O)OCc1ccc([S@](C)=O)cc1. The molecular formula is C10H12O3S. The fourth-order valence-corrected chi connectivity index (χ4v) is 1.48. The number of hydrogen-bond acceptors (Lipinski definition) is 3. The smallest absolute Gasteiger partial charge is 0.302 e. The predicted molar refractivity (Wildman–Crippen MR) is 54.2 cm³/mol. The van der Waals surface area contributed by atoms with Crippen molar-refractivity contribution in [3.8, 4) is 0 Å². The first-order valence-corrected chi connectivity index (χ1v) is 5.71. The van der Waals surface area contributed by atoms with Gasteiger partial charge in [0.15, 0.2) is 0 Å². The van der Waals surface area contributed by atoms with Gasteiger partial charge in [0.1, 0.15) is 6.61 Å². The third-order valence-electron chi connectivity index (χ3n) is 1.70. The Bertz CT molecular complexity index is 343. The van der Waals surface area contributed by atoms with Gasteiger partial charge in [-0.05, 0) is 17.7 Å². The Labute approximate surface area is 85.5 Å². The van der Waals surface area contributed by atoms with Gasteiger partial charge in [-0.25, -0.2) is 0 Å². The molecule has 0 aliphatic rings. The van der Waals surface area contributed by atoms with Crippen molar-refractivity contribution in [3.05, 3.63) is 29.8 Å². The van der Waals surface area contributed by atoms with Crippen LogP contribution in [-0.4, -0.2) is 16.4 Å². The molecule has 0 aliphatic heterocycles. The molecule has 14 heavy (non-hydrogen) atoms. The maximum atomic E-state index is 11.0.